The van der Waals surface area contributed by atoms with Gasteiger partial charge in [0, 0.05) is 22.9 Å². The second-order valence-corrected chi connectivity index (χ2v) is 8.99. The first kappa shape index (κ1) is 18.4. The summed E-state index contributed by atoms with van der Waals surface area (Å²) in [7, 11) is 0. The number of nitrogens with zero attached hydrogens (tertiary/aromatic N) is 3. The SMILES string of the molecule is O=C1COc2ccc(C(=O)CSc3nnc(Cc4cccs4)n3C3CC3)cc2N1. The summed E-state index contributed by atoms with van der Waals surface area (Å²) in [6, 6.07) is 9.70. The number of thioether (sulfide) groups is 1. The molecule has 1 N–H and O–H groups in total. The van der Waals surface area contributed by atoms with Crippen molar-refractivity contribution in [3.63, 3.8) is 0 Å². The summed E-state index contributed by atoms with van der Waals surface area (Å²) in [6.07, 6.45) is 3.02. The molecule has 9 heteroatoms. The molecule has 1 saturated carbocycles. The number of nitrogens with one attached hydrogen (secondary N) is 1. The highest BCUT2D eigenvalue weighted by Gasteiger charge is 2.30. The van der Waals surface area contributed by atoms with Gasteiger partial charge in [0.1, 0.15) is 11.6 Å². The molecule has 1 fully saturated rings. The van der Waals surface area contributed by atoms with Crippen molar-refractivity contribution in [1.29, 1.82) is 0 Å². The summed E-state index contributed by atoms with van der Waals surface area (Å²) < 4.78 is 7.54. The summed E-state index contributed by atoms with van der Waals surface area (Å²) in [4.78, 5) is 25.5. The Bertz CT molecular complexity index is 1070. The average molecular weight is 427 g/mol. The Morgan fingerprint density at radius 1 is 1.31 bits per heavy atom. The topological polar surface area (TPSA) is 86.1 Å². The molecule has 1 aliphatic carbocycles. The van der Waals surface area contributed by atoms with Crippen molar-refractivity contribution < 1.29 is 14.3 Å². The molecule has 1 amide bonds. The molecule has 1 aromatic carbocycles. The van der Waals surface area contributed by atoms with Crippen molar-refractivity contribution >= 4 is 40.5 Å². The first-order valence-corrected chi connectivity index (χ1v) is 11.2. The van der Waals surface area contributed by atoms with Crippen LogP contribution in [0.5, 0.6) is 5.75 Å². The van der Waals surface area contributed by atoms with Gasteiger partial charge < -0.3 is 14.6 Å². The maximum atomic E-state index is 12.7. The lowest BCUT2D eigenvalue weighted by atomic mass is 10.1. The maximum Gasteiger partial charge on any atom is 0.262 e. The molecule has 0 atom stereocenters. The van der Waals surface area contributed by atoms with Gasteiger partial charge in [-0.15, -0.1) is 21.5 Å². The van der Waals surface area contributed by atoms with Crippen LogP contribution in [0.1, 0.15) is 39.9 Å². The van der Waals surface area contributed by atoms with Crippen molar-refractivity contribution in [2.75, 3.05) is 17.7 Å². The lowest BCUT2D eigenvalue weighted by molar-refractivity contribution is -0.118. The van der Waals surface area contributed by atoms with Crippen molar-refractivity contribution in [3.8, 4) is 5.75 Å². The second-order valence-electron chi connectivity index (χ2n) is 7.02. The molecule has 2 aliphatic rings. The zero-order valence-electron chi connectivity index (χ0n) is 15.5. The summed E-state index contributed by atoms with van der Waals surface area (Å²) in [5.74, 6) is 1.56. The Balaban J connectivity index is 1.30. The fraction of sp³-hybridized carbons (Fsp3) is 0.300. The van der Waals surface area contributed by atoms with Crippen LogP contribution in [0.4, 0.5) is 5.69 Å². The quantitative estimate of drug-likeness (QED) is 0.459. The molecule has 0 unspecified atom stereocenters. The third kappa shape index (κ3) is 3.92. The van der Waals surface area contributed by atoms with E-state index in [1.165, 1.54) is 16.6 Å². The first-order chi connectivity index (χ1) is 14.2. The molecule has 148 valence electrons. The number of anilines is 1. The number of aromatic nitrogens is 3. The number of carbonyl (C=O) groups excluding carboxylic acids is 2. The molecule has 0 bridgehead atoms. The third-order valence-electron chi connectivity index (χ3n) is 4.83. The van der Waals surface area contributed by atoms with E-state index in [2.05, 4.69) is 31.5 Å². The van der Waals surface area contributed by atoms with E-state index >= 15 is 0 Å². The van der Waals surface area contributed by atoms with Crippen LogP contribution in [-0.2, 0) is 11.2 Å². The zero-order chi connectivity index (χ0) is 19.8. The Morgan fingerprint density at radius 2 is 2.21 bits per heavy atom. The molecular formula is C20H18N4O3S2. The Kier molecular flexibility index (Phi) is 4.84. The predicted octanol–water partition coefficient (Wildman–Crippen LogP) is 3.57. The van der Waals surface area contributed by atoms with E-state index in [9.17, 15) is 9.59 Å². The van der Waals surface area contributed by atoms with E-state index < -0.39 is 0 Å². The first-order valence-electron chi connectivity index (χ1n) is 9.36. The van der Waals surface area contributed by atoms with Gasteiger partial charge in [-0.25, -0.2) is 0 Å². The highest BCUT2D eigenvalue weighted by atomic mass is 32.2. The fourth-order valence-corrected chi connectivity index (χ4v) is 4.89. The summed E-state index contributed by atoms with van der Waals surface area (Å²) in [6.45, 7) is 0.000770. The Labute approximate surface area is 175 Å². The van der Waals surface area contributed by atoms with E-state index in [1.54, 1.807) is 29.5 Å². The Hall–Kier alpha value is -2.65. The molecule has 1 aliphatic heterocycles. The van der Waals surface area contributed by atoms with Crippen LogP contribution in [0, 0.1) is 0 Å². The van der Waals surface area contributed by atoms with Gasteiger partial charge in [-0.1, -0.05) is 17.8 Å². The predicted molar refractivity (Wildman–Crippen MR) is 111 cm³/mol. The number of fused-ring (bicyclic) bond motifs is 1. The van der Waals surface area contributed by atoms with Gasteiger partial charge >= 0.3 is 0 Å². The van der Waals surface area contributed by atoms with Crippen LogP contribution >= 0.6 is 23.1 Å². The highest BCUT2D eigenvalue weighted by Crippen LogP contribution is 2.39. The number of Topliss-reactive ketones (excluding diaryl/α,β-unsaturated/α-hetero) is 1. The van der Waals surface area contributed by atoms with Crippen LogP contribution in [0.2, 0.25) is 0 Å². The average Bonchev–Trinajstić information content (AvgIpc) is 3.28. The number of benzene rings is 1. The van der Waals surface area contributed by atoms with Crippen molar-refractivity contribution in [2.24, 2.45) is 0 Å². The lowest BCUT2D eigenvalue weighted by Crippen LogP contribution is -2.25. The van der Waals surface area contributed by atoms with Gasteiger partial charge in [0.25, 0.3) is 5.91 Å². The largest absolute Gasteiger partial charge is 0.482 e. The standard InChI is InChI=1S/C20H18N4O3S2/c25-16(12-3-6-17-15(8-12)21-19(26)10-27-17)11-29-20-23-22-18(24(20)13-4-5-13)9-14-2-1-7-28-14/h1-3,6-8,13H,4-5,9-11H2,(H,21,26). The molecular weight excluding hydrogens is 408 g/mol. The number of amides is 1. The Morgan fingerprint density at radius 3 is 3.00 bits per heavy atom. The number of hydrogen-bond donors (Lipinski definition) is 1. The minimum atomic E-state index is -0.215. The van der Waals surface area contributed by atoms with Crippen LogP contribution in [0.25, 0.3) is 0 Å². The number of ketones is 1. The number of thiophene rings is 1. The highest BCUT2D eigenvalue weighted by molar-refractivity contribution is 7.99. The summed E-state index contributed by atoms with van der Waals surface area (Å²) in [5.41, 5.74) is 1.08. The van der Waals surface area contributed by atoms with E-state index in [0.29, 0.717) is 23.0 Å². The maximum absolute atomic E-state index is 12.7. The van der Waals surface area contributed by atoms with Gasteiger partial charge in [-0.2, -0.15) is 0 Å². The third-order valence-corrected chi connectivity index (χ3v) is 6.65. The smallest absolute Gasteiger partial charge is 0.262 e. The van der Waals surface area contributed by atoms with Gasteiger partial charge in [0.05, 0.1) is 11.4 Å². The number of rotatable bonds is 7. The van der Waals surface area contributed by atoms with E-state index in [1.807, 2.05) is 6.07 Å². The molecule has 5 rings (SSSR count). The molecule has 0 radical (unpaired) electrons. The molecule has 3 heterocycles. The molecule has 0 spiro atoms. The number of hydrogen-bond acceptors (Lipinski definition) is 7. The normalized spacial score (nSPS) is 15.5. The number of carbonyl (C=O) groups is 2. The van der Waals surface area contributed by atoms with Gasteiger partial charge in [0.15, 0.2) is 17.5 Å². The second kappa shape index (κ2) is 7.64. The van der Waals surface area contributed by atoms with Crippen LogP contribution < -0.4 is 10.1 Å². The summed E-state index contributed by atoms with van der Waals surface area (Å²) in [5, 5.41) is 14.3. The molecule has 0 saturated heterocycles. The monoisotopic (exact) mass is 426 g/mol. The van der Waals surface area contributed by atoms with Crippen molar-refractivity contribution in [1.82, 2.24) is 14.8 Å². The van der Waals surface area contributed by atoms with Crippen LogP contribution in [0.15, 0.2) is 40.9 Å². The van der Waals surface area contributed by atoms with Crippen LogP contribution in [-0.4, -0.2) is 38.8 Å². The molecule has 2 aromatic heterocycles. The lowest BCUT2D eigenvalue weighted by Gasteiger charge is -2.18. The van der Waals surface area contributed by atoms with E-state index in [4.69, 9.17) is 4.74 Å². The molecule has 3 aromatic rings. The zero-order valence-corrected chi connectivity index (χ0v) is 17.1. The summed E-state index contributed by atoms with van der Waals surface area (Å²) >= 11 is 3.13. The number of ether oxygens (including phenoxy) is 1. The van der Waals surface area contributed by atoms with Gasteiger partial charge in [0.2, 0.25) is 0 Å². The van der Waals surface area contributed by atoms with Crippen molar-refractivity contribution in [2.45, 2.75) is 30.5 Å². The minimum absolute atomic E-state index is 0.000770. The van der Waals surface area contributed by atoms with E-state index in [-0.39, 0.29) is 24.1 Å². The van der Waals surface area contributed by atoms with Gasteiger partial charge in [-0.3, -0.25) is 9.59 Å². The van der Waals surface area contributed by atoms with Crippen molar-refractivity contribution in [3.05, 3.63) is 52.0 Å². The molecule has 29 heavy (non-hydrogen) atoms. The van der Waals surface area contributed by atoms with Crippen LogP contribution in [0.3, 0.4) is 0 Å². The van der Waals surface area contributed by atoms with Gasteiger partial charge in [-0.05, 0) is 42.5 Å². The minimum Gasteiger partial charge on any atom is -0.482 e. The fourth-order valence-electron chi connectivity index (χ4n) is 3.26. The molecule has 7 nitrogen and oxygen atoms in total. The van der Waals surface area contributed by atoms with E-state index in [0.717, 1.165) is 30.2 Å².